The SMILES string of the molecule is CC(CC(C)(C)C)C(NC(=O)O)C(=O)Nc1ccc(-c2ccc(N3CCN(C)CC3)c([N+](=O)[O-])c2F)cc1. The highest BCUT2D eigenvalue weighted by Crippen LogP contribution is 2.38. The summed E-state index contributed by atoms with van der Waals surface area (Å²) in [5.74, 6) is -1.68. The molecule has 1 saturated heterocycles. The molecule has 0 saturated carbocycles. The number of halogens is 1. The van der Waals surface area contributed by atoms with Crippen LogP contribution in [0.2, 0.25) is 0 Å². The van der Waals surface area contributed by atoms with Crippen LogP contribution in [-0.2, 0) is 4.79 Å². The lowest BCUT2D eigenvalue weighted by Gasteiger charge is -2.33. The van der Waals surface area contributed by atoms with Crippen molar-refractivity contribution in [3.8, 4) is 11.1 Å². The van der Waals surface area contributed by atoms with Gasteiger partial charge in [-0.1, -0.05) is 39.8 Å². The highest BCUT2D eigenvalue weighted by molar-refractivity contribution is 5.96. The van der Waals surface area contributed by atoms with Crippen molar-refractivity contribution < 1.29 is 24.0 Å². The molecular formula is C27H36FN5O5. The Hall–Kier alpha value is -3.73. The van der Waals surface area contributed by atoms with Gasteiger partial charge in [0.2, 0.25) is 11.7 Å². The van der Waals surface area contributed by atoms with Crippen molar-refractivity contribution in [3.63, 3.8) is 0 Å². The number of nitro groups is 1. The van der Waals surface area contributed by atoms with Crippen LogP contribution >= 0.6 is 0 Å². The molecule has 0 bridgehead atoms. The van der Waals surface area contributed by atoms with Gasteiger partial charge in [0.15, 0.2) is 0 Å². The zero-order valence-corrected chi connectivity index (χ0v) is 22.5. The zero-order chi connectivity index (χ0) is 28.2. The Kier molecular flexibility index (Phi) is 8.93. The number of benzene rings is 2. The standard InChI is InChI=1S/C27H36FN5O5/c1-17(16-27(2,3)4)23(30-26(35)36)25(34)29-19-8-6-18(7-9-19)20-10-11-21(24(22(20)28)33(37)38)32-14-12-31(5)13-15-32/h6-11,17,23,30H,12-16H2,1-5H3,(H,29,34)(H,35,36). The summed E-state index contributed by atoms with van der Waals surface area (Å²) >= 11 is 0. The van der Waals surface area contributed by atoms with E-state index in [-0.39, 0.29) is 22.6 Å². The Bertz CT molecular complexity index is 1170. The molecule has 0 aromatic heterocycles. The minimum Gasteiger partial charge on any atom is -0.465 e. The first-order chi connectivity index (χ1) is 17.8. The van der Waals surface area contributed by atoms with Gasteiger partial charge in [-0.25, -0.2) is 4.79 Å². The van der Waals surface area contributed by atoms with Gasteiger partial charge in [-0.05, 0) is 54.6 Å². The highest BCUT2D eigenvalue weighted by Gasteiger charge is 2.31. The third-order valence-electron chi connectivity index (χ3n) is 6.65. The molecule has 2 amide bonds. The van der Waals surface area contributed by atoms with E-state index in [0.29, 0.717) is 30.8 Å². The molecule has 0 spiro atoms. The first-order valence-electron chi connectivity index (χ1n) is 12.6. The molecule has 2 unspecified atom stereocenters. The largest absolute Gasteiger partial charge is 0.465 e. The van der Waals surface area contributed by atoms with E-state index in [9.17, 15) is 24.8 Å². The fourth-order valence-electron chi connectivity index (χ4n) is 4.89. The third-order valence-corrected chi connectivity index (χ3v) is 6.65. The lowest BCUT2D eigenvalue weighted by atomic mass is 9.82. The molecule has 1 fully saturated rings. The molecule has 11 heteroatoms. The highest BCUT2D eigenvalue weighted by atomic mass is 19.1. The lowest BCUT2D eigenvalue weighted by Crippen LogP contribution is -2.48. The number of hydrogen-bond acceptors (Lipinski definition) is 6. The average Bonchev–Trinajstić information content (AvgIpc) is 2.82. The molecule has 206 valence electrons. The number of piperazine rings is 1. The van der Waals surface area contributed by atoms with Crippen LogP contribution in [0.3, 0.4) is 0 Å². The monoisotopic (exact) mass is 529 g/mol. The number of carbonyl (C=O) groups is 2. The summed E-state index contributed by atoms with van der Waals surface area (Å²) in [5.41, 5.74) is 0.482. The molecule has 2 atom stereocenters. The van der Waals surface area contributed by atoms with Crippen molar-refractivity contribution in [1.29, 1.82) is 0 Å². The molecule has 0 radical (unpaired) electrons. The summed E-state index contributed by atoms with van der Waals surface area (Å²) in [6.45, 7) is 10.4. The summed E-state index contributed by atoms with van der Waals surface area (Å²) < 4.78 is 15.5. The normalized spacial score (nSPS) is 16.0. The fraction of sp³-hybridized carbons (Fsp3) is 0.481. The van der Waals surface area contributed by atoms with Gasteiger partial charge in [0.1, 0.15) is 11.7 Å². The predicted molar refractivity (Wildman–Crippen MR) is 145 cm³/mol. The second-order valence-corrected chi connectivity index (χ2v) is 11.1. The molecule has 3 rings (SSSR count). The van der Waals surface area contributed by atoms with Crippen molar-refractivity contribution in [1.82, 2.24) is 10.2 Å². The van der Waals surface area contributed by atoms with Crippen molar-refractivity contribution in [2.24, 2.45) is 11.3 Å². The van der Waals surface area contributed by atoms with Crippen molar-refractivity contribution in [2.75, 3.05) is 43.4 Å². The number of nitrogens with zero attached hydrogens (tertiary/aromatic N) is 3. The summed E-state index contributed by atoms with van der Waals surface area (Å²) in [4.78, 5) is 39.3. The second-order valence-electron chi connectivity index (χ2n) is 11.1. The Labute approximate surface area is 222 Å². The third kappa shape index (κ3) is 7.18. The van der Waals surface area contributed by atoms with Gasteiger partial charge >= 0.3 is 11.8 Å². The maximum atomic E-state index is 15.5. The molecule has 1 aliphatic heterocycles. The molecule has 0 aliphatic carbocycles. The number of carboxylic acid groups (broad SMARTS) is 1. The number of likely N-dealkylation sites (N-methyl/N-ethyl adjacent to an activating group) is 1. The van der Waals surface area contributed by atoms with E-state index >= 15 is 4.39 Å². The Morgan fingerprint density at radius 1 is 1.11 bits per heavy atom. The van der Waals surface area contributed by atoms with Crippen LogP contribution in [0.15, 0.2) is 36.4 Å². The van der Waals surface area contributed by atoms with Gasteiger partial charge in [0, 0.05) is 37.4 Å². The van der Waals surface area contributed by atoms with E-state index in [2.05, 4.69) is 15.5 Å². The maximum Gasteiger partial charge on any atom is 0.405 e. The summed E-state index contributed by atoms with van der Waals surface area (Å²) in [5, 5.41) is 26.1. The van der Waals surface area contributed by atoms with Gasteiger partial charge in [-0.2, -0.15) is 4.39 Å². The first kappa shape index (κ1) is 28.8. The quantitative estimate of drug-likeness (QED) is 0.331. The molecule has 3 N–H and O–H groups in total. The van der Waals surface area contributed by atoms with Gasteiger partial charge in [-0.3, -0.25) is 14.9 Å². The number of anilines is 2. The number of nitrogens with one attached hydrogen (secondary N) is 2. The zero-order valence-electron chi connectivity index (χ0n) is 22.5. The Balaban J connectivity index is 1.82. The number of amides is 2. The van der Waals surface area contributed by atoms with Crippen LogP contribution in [-0.4, -0.2) is 66.2 Å². The van der Waals surface area contributed by atoms with E-state index in [1.165, 1.54) is 6.07 Å². The summed E-state index contributed by atoms with van der Waals surface area (Å²) in [6.07, 6.45) is -0.676. The summed E-state index contributed by atoms with van der Waals surface area (Å²) in [7, 11) is 1.97. The van der Waals surface area contributed by atoms with E-state index in [0.717, 1.165) is 13.1 Å². The molecular weight excluding hydrogens is 493 g/mol. The van der Waals surface area contributed by atoms with E-state index < -0.39 is 34.5 Å². The minimum absolute atomic E-state index is 0.0803. The molecule has 2 aromatic rings. The van der Waals surface area contributed by atoms with Crippen molar-refractivity contribution in [2.45, 2.75) is 40.2 Å². The summed E-state index contributed by atoms with van der Waals surface area (Å²) in [6, 6.07) is 8.38. The van der Waals surface area contributed by atoms with Crippen molar-refractivity contribution >= 4 is 29.1 Å². The number of nitro benzene ring substituents is 1. The number of rotatable bonds is 8. The number of hydrogen-bond donors (Lipinski definition) is 3. The van der Waals surface area contributed by atoms with Crippen LogP contribution in [0.1, 0.15) is 34.1 Å². The van der Waals surface area contributed by atoms with E-state index in [1.807, 2.05) is 39.6 Å². The predicted octanol–water partition coefficient (Wildman–Crippen LogP) is 4.80. The van der Waals surface area contributed by atoms with Gasteiger partial charge < -0.3 is 25.5 Å². The topological polar surface area (TPSA) is 128 Å². The smallest absolute Gasteiger partial charge is 0.405 e. The molecule has 1 heterocycles. The van der Waals surface area contributed by atoms with Crippen LogP contribution in [0.5, 0.6) is 0 Å². The molecule has 2 aromatic carbocycles. The minimum atomic E-state index is -1.29. The first-order valence-corrected chi connectivity index (χ1v) is 12.6. The van der Waals surface area contributed by atoms with Crippen LogP contribution < -0.4 is 15.5 Å². The van der Waals surface area contributed by atoms with Crippen LogP contribution in [0, 0.1) is 27.3 Å². The Morgan fingerprint density at radius 2 is 1.71 bits per heavy atom. The van der Waals surface area contributed by atoms with Crippen LogP contribution in [0.25, 0.3) is 11.1 Å². The fourth-order valence-corrected chi connectivity index (χ4v) is 4.89. The van der Waals surface area contributed by atoms with E-state index in [1.54, 1.807) is 30.3 Å². The van der Waals surface area contributed by atoms with Crippen LogP contribution in [0.4, 0.5) is 26.2 Å². The Morgan fingerprint density at radius 3 is 2.24 bits per heavy atom. The van der Waals surface area contributed by atoms with Gasteiger partial charge in [0.25, 0.3) is 0 Å². The maximum absolute atomic E-state index is 15.5. The molecule has 38 heavy (non-hydrogen) atoms. The molecule has 1 aliphatic rings. The number of carbonyl (C=O) groups excluding carboxylic acids is 1. The molecule has 10 nitrogen and oxygen atoms in total. The van der Waals surface area contributed by atoms with E-state index in [4.69, 9.17) is 0 Å². The second kappa shape index (κ2) is 11.8. The average molecular weight is 530 g/mol. The lowest BCUT2D eigenvalue weighted by molar-refractivity contribution is -0.386. The van der Waals surface area contributed by atoms with Gasteiger partial charge in [0.05, 0.1) is 4.92 Å². The van der Waals surface area contributed by atoms with Gasteiger partial charge in [-0.15, -0.1) is 0 Å². The van der Waals surface area contributed by atoms with Crippen molar-refractivity contribution in [3.05, 3.63) is 52.3 Å².